The molecule has 1 atom stereocenters. The largest absolute Gasteiger partial charge is 0.493 e. The molecule has 2 aliphatic rings. The first kappa shape index (κ1) is 13.8. The molecule has 1 N–H and O–H groups in total. The predicted molar refractivity (Wildman–Crippen MR) is 88.4 cm³/mol. The number of aliphatic hydroxyl groups excluding tert-OH is 1. The van der Waals surface area contributed by atoms with Gasteiger partial charge in [0.2, 0.25) is 0 Å². The van der Waals surface area contributed by atoms with Gasteiger partial charge in [0.05, 0.1) is 6.61 Å². The smallest absolute Gasteiger partial charge is 0.128 e. The van der Waals surface area contributed by atoms with Crippen LogP contribution in [0.2, 0.25) is 0 Å². The van der Waals surface area contributed by atoms with Crippen LogP contribution in [0.25, 0.3) is 0 Å². The van der Waals surface area contributed by atoms with Crippen molar-refractivity contribution in [3.63, 3.8) is 0 Å². The molecule has 0 amide bonds. The molecule has 1 aromatic carbocycles. The standard InChI is InChI=1S/C17H17BrO2S/c18-12-7-11-5-6-20-17(11)13(9-12)16(19)15-8-10-3-1-2-4-14(10)21-15/h7-9,16,19H,1-6H2. The van der Waals surface area contributed by atoms with Crippen LogP contribution in [0.15, 0.2) is 22.7 Å². The van der Waals surface area contributed by atoms with Crippen molar-refractivity contribution in [3.8, 4) is 5.75 Å². The van der Waals surface area contributed by atoms with Gasteiger partial charge >= 0.3 is 0 Å². The third-order valence-electron chi connectivity index (χ3n) is 4.36. The van der Waals surface area contributed by atoms with Crippen LogP contribution in [0.4, 0.5) is 0 Å². The van der Waals surface area contributed by atoms with Crippen molar-refractivity contribution in [2.75, 3.05) is 6.61 Å². The van der Waals surface area contributed by atoms with Gasteiger partial charge in [0.1, 0.15) is 11.9 Å². The van der Waals surface area contributed by atoms with Gasteiger partial charge in [-0.05, 0) is 55.0 Å². The van der Waals surface area contributed by atoms with Gasteiger partial charge in [-0.15, -0.1) is 11.3 Å². The molecule has 2 aromatic rings. The summed E-state index contributed by atoms with van der Waals surface area (Å²) in [6, 6.07) is 6.29. The van der Waals surface area contributed by atoms with E-state index in [0.717, 1.165) is 33.5 Å². The van der Waals surface area contributed by atoms with Crippen molar-refractivity contribution in [2.24, 2.45) is 0 Å². The Hall–Kier alpha value is -0.840. The highest BCUT2D eigenvalue weighted by Crippen LogP contribution is 2.41. The van der Waals surface area contributed by atoms with Crippen LogP contribution in [0.5, 0.6) is 5.75 Å². The maximum atomic E-state index is 10.8. The highest BCUT2D eigenvalue weighted by molar-refractivity contribution is 9.10. The lowest BCUT2D eigenvalue weighted by atomic mass is 9.97. The summed E-state index contributed by atoms with van der Waals surface area (Å²) in [7, 11) is 0. The van der Waals surface area contributed by atoms with E-state index in [0.29, 0.717) is 6.61 Å². The number of benzene rings is 1. The van der Waals surface area contributed by atoms with Crippen LogP contribution in [0, 0.1) is 0 Å². The van der Waals surface area contributed by atoms with Crippen molar-refractivity contribution in [2.45, 2.75) is 38.2 Å². The normalized spacial score (nSPS) is 18.0. The third-order valence-corrected chi connectivity index (χ3v) is 6.10. The van der Waals surface area contributed by atoms with Crippen LogP contribution >= 0.6 is 27.3 Å². The maximum Gasteiger partial charge on any atom is 0.128 e. The van der Waals surface area contributed by atoms with E-state index in [9.17, 15) is 5.11 Å². The van der Waals surface area contributed by atoms with Gasteiger partial charge in [0.15, 0.2) is 0 Å². The van der Waals surface area contributed by atoms with E-state index in [1.807, 2.05) is 6.07 Å². The summed E-state index contributed by atoms with van der Waals surface area (Å²) in [5.41, 5.74) is 3.53. The SMILES string of the molecule is OC(c1cc2c(s1)CCCC2)c1cc(Br)cc2c1OCC2. The minimum absolute atomic E-state index is 0.579. The minimum atomic E-state index is -0.579. The zero-order valence-corrected chi connectivity index (χ0v) is 14.1. The molecule has 0 spiro atoms. The minimum Gasteiger partial charge on any atom is -0.493 e. The van der Waals surface area contributed by atoms with Gasteiger partial charge in [0, 0.05) is 26.2 Å². The fourth-order valence-corrected chi connectivity index (χ4v) is 5.09. The van der Waals surface area contributed by atoms with Crippen molar-refractivity contribution in [3.05, 3.63) is 49.1 Å². The van der Waals surface area contributed by atoms with Crippen molar-refractivity contribution >= 4 is 27.3 Å². The monoisotopic (exact) mass is 364 g/mol. The lowest BCUT2D eigenvalue weighted by Gasteiger charge is -2.14. The Kier molecular flexibility index (Phi) is 3.56. The van der Waals surface area contributed by atoms with Crippen molar-refractivity contribution in [1.82, 2.24) is 0 Å². The average Bonchev–Trinajstić information content (AvgIpc) is 3.11. The van der Waals surface area contributed by atoms with Crippen LogP contribution in [-0.4, -0.2) is 11.7 Å². The molecule has 0 saturated carbocycles. The van der Waals surface area contributed by atoms with E-state index in [-0.39, 0.29) is 0 Å². The van der Waals surface area contributed by atoms with Crippen LogP contribution < -0.4 is 4.74 Å². The predicted octanol–water partition coefficient (Wildman–Crippen LogP) is 4.41. The summed E-state index contributed by atoms with van der Waals surface area (Å²) >= 11 is 5.32. The molecule has 1 aromatic heterocycles. The van der Waals surface area contributed by atoms with Crippen molar-refractivity contribution in [1.29, 1.82) is 0 Å². The second-order valence-electron chi connectivity index (χ2n) is 5.79. The Morgan fingerprint density at radius 1 is 1.10 bits per heavy atom. The van der Waals surface area contributed by atoms with Gasteiger partial charge in [-0.2, -0.15) is 0 Å². The molecular formula is C17H17BrO2S. The van der Waals surface area contributed by atoms with Crippen LogP contribution in [0.3, 0.4) is 0 Å². The van der Waals surface area contributed by atoms with Gasteiger partial charge in [-0.25, -0.2) is 0 Å². The Labute approximate surface area is 136 Å². The molecular weight excluding hydrogens is 348 g/mol. The molecule has 0 saturated heterocycles. The number of ether oxygens (including phenoxy) is 1. The van der Waals surface area contributed by atoms with Gasteiger partial charge in [0.25, 0.3) is 0 Å². The number of aliphatic hydroxyl groups is 1. The number of aryl methyl sites for hydroxylation is 2. The summed E-state index contributed by atoms with van der Waals surface area (Å²) in [5, 5.41) is 10.8. The quantitative estimate of drug-likeness (QED) is 0.855. The van der Waals surface area contributed by atoms with Gasteiger partial charge < -0.3 is 9.84 Å². The lowest BCUT2D eigenvalue weighted by molar-refractivity contribution is 0.217. The molecule has 1 aliphatic heterocycles. The summed E-state index contributed by atoms with van der Waals surface area (Å²) in [5.74, 6) is 0.886. The second-order valence-corrected chi connectivity index (χ2v) is 7.87. The number of halogens is 1. The fourth-order valence-electron chi connectivity index (χ4n) is 3.30. The zero-order valence-electron chi connectivity index (χ0n) is 11.7. The highest BCUT2D eigenvalue weighted by Gasteiger charge is 2.25. The highest BCUT2D eigenvalue weighted by atomic mass is 79.9. The summed E-state index contributed by atoms with van der Waals surface area (Å²) in [4.78, 5) is 2.51. The topological polar surface area (TPSA) is 29.5 Å². The fraction of sp³-hybridized carbons (Fsp3) is 0.412. The molecule has 0 fully saturated rings. The first-order valence-electron chi connectivity index (χ1n) is 7.47. The number of fused-ring (bicyclic) bond motifs is 2. The molecule has 4 rings (SSSR count). The molecule has 2 heterocycles. The average molecular weight is 365 g/mol. The lowest BCUT2D eigenvalue weighted by Crippen LogP contribution is -2.00. The summed E-state index contributed by atoms with van der Waals surface area (Å²) in [6.07, 6.45) is 5.22. The molecule has 110 valence electrons. The van der Waals surface area contributed by atoms with Gasteiger partial charge in [-0.1, -0.05) is 15.9 Å². The van der Waals surface area contributed by atoms with E-state index >= 15 is 0 Å². The Balaban J connectivity index is 1.75. The zero-order chi connectivity index (χ0) is 14.4. The number of hydrogen-bond donors (Lipinski definition) is 1. The second kappa shape index (κ2) is 5.41. The number of rotatable bonds is 2. The third kappa shape index (κ3) is 2.43. The Morgan fingerprint density at radius 3 is 2.81 bits per heavy atom. The first-order valence-corrected chi connectivity index (χ1v) is 9.08. The number of hydrogen-bond acceptors (Lipinski definition) is 3. The molecule has 2 nitrogen and oxygen atoms in total. The Morgan fingerprint density at radius 2 is 1.95 bits per heavy atom. The Bertz CT molecular complexity index is 669. The summed E-state index contributed by atoms with van der Waals surface area (Å²) < 4.78 is 6.77. The molecule has 1 aliphatic carbocycles. The molecule has 1 unspecified atom stereocenters. The van der Waals surface area contributed by atoms with E-state index in [1.54, 1.807) is 11.3 Å². The maximum absolute atomic E-state index is 10.8. The molecule has 0 radical (unpaired) electrons. The van der Waals surface area contributed by atoms with E-state index in [4.69, 9.17) is 4.74 Å². The molecule has 21 heavy (non-hydrogen) atoms. The molecule has 4 heteroatoms. The van der Waals surface area contributed by atoms with Crippen LogP contribution in [-0.2, 0) is 19.3 Å². The number of thiophene rings is 1. The van der Waals surface area contributed by atoms with Crippen molar-refractivity contribution < 1.29 is 9.84 Å². The molecule has 0 bridgehead atoms. The van der Waals surface area contributed by atoms with Crippen LogP contribution in [0.1, 0.15) is 45.4 Å². The summed E-state index contributed by atoms with van der Waals surface area (Å²) in [6.45, 7) is 0.715. The van der Waals surface area contributed by atoms with E-state index < -0.39 is 6.10 Å². The first-order chi connectivity index (χ1) is 10.2. The van der Waals surface area contributed by atoms with E-state index in [2.05, 4.69) is 28.1 Å². The van der Waals surface area contributed by atoms with E-state index in [1.165, 1.54) is 35.3 Å². The van der Waals surface area contributed by atoms with Gasteiger partial charge in [-0.3, -0.25) is 0 Å².